The quantitative estimate of drug-likeness (QED) is 0.162. The lowest BCUT2D eigenvalue weighted by molar-refractivity contribution is -0.137. The van der Waals surface area contributed by atoms with Crippen molar-refractivity contribution in [1.29, 1.82) is 0 Å². The molecule has 0 radical (unpaired) electrons. The molecule has 11 nitrogen and oxygen atoms in total. The van der Waals surface area contributed by atoms with Gasteiger partial charge in [0.2, 0.25) is 0 Å². The summed E-state index contributed by atoms with van der Waals surface area (Å²) in [5, 5.41) is 56.9. The number of aliphatic hydroxyl groups excluding tert-OH is 3. The molecule has 0 saturated carbocycles. The predicted octanol–water partition coefficient (Wildman–Crippen LogP) is 0.533. The van der Waals surface area contributed by atoms with Crippen LogP contribution in [0, 0.1) is 5.41 Å². The number of aliphatic hydroxyl groups is 3. The highest BCUT2D eigenvalue weighted by molar-refractivity contribution is 7.80. The largest absolute Gasteiger partial charge is 0.481 e. The van der Waals surface area contributed by atoms with E-state index in [1.165, 1.54) is 0 Å². The number of carboxylic acid groups (broad SMARTS) is 4. The molecular formula is C17H36O11S4. The Bertz CT molecular complexity index is 390. The first-order valence-electron chi connectivity index (χ1n) is 8.90. The van der Waals surface area contributed by atoms with E-state index in [2.05, 4.69) is 50.5 Å². The van der Waals surface area contributed by atoms with Crippen LogP contribution in [0.3, 0.4) is 0 Å². The third-order valence-electron chi connectivity index (χ3n) is 2.45. The number of hydrogen-bond acceptors (Lipinski definition) is 11. The molecule has 0 aromatic carbocycles. The minimum absolute atomic E-state index is 0.156. The van der Waals surface area contributed by atoms with Crippen molar-refractivity contribution in [3.63, 3.8) is 0 Å². The summed E-state index contributed by atoms with van der Waals surface area (Å²) < 4.78 is 0. The third kappa shape index (κ3) is 56.9. The lowest BCUT2D eigenvalue weighted by Crippen LogP contribution is -2.29. The van der Waals surface area contributed by atoms with Crippen LogP contribution >= 0.6 is 50.5 Å². The highest BCUT2D eigenvalue weighted by Gasteiger charge is 2.20. The minimum Gasteiger partial charge on any atom is -0.481 e. The Labute approximate surface area is 209 Å². The third-order valence-corrected chi connectivity index (χ3v) is 3.34. The normalized spacial score (nSPS) is 9.12. The highest BCUT2D eigenvalue weighted by atomic mass is 32.1. The maximum absolute atomic E-state index is 9.55. The summed E-state index contributed by atoms with van der Waals surface area (Å²) in [6, 6.07) is 0. The zero-order valence-electron chi connectivity index (χ0n) is 17.8. The molecule has 7 N–H and O–H groups in total. The van der Waals surface area contributed by atoms with Crippen LogP contribution in [0.4, 0.5) is 0 Å². The van der Waals surface area contributed by atoms with Crippen molar-refractivity contribution < 1.29 is 54.9 Å². The maximum atomic E-state index is 9.55. The van der Waals surface area contributed by atoms with Crippen molar-refractivity contribution in [2.45, 2.75) is 32.6 Å². The molecule has 0 aliphatic heterocycles. The van der Waals surface area contributed by atoms with E-state index in [0.717, 1.165) is 0 Å². The number of carboxylic acids is 4. The van der Waals surface area contributed by atoms with E-state index in [-0.39, 0.29) is 45.5 Å². The number of thiol groups is 4. The number of rotatable bonds is 11. The van der Waals surface area contributed by atoms with Gasteiger partial charge in [-0.3, -0.25) is 19.2 Å². The fourth-order valence-electron chi connectivity index (χ4n) is 0.533. The Hall–Kier alpha value is -0.840. The Morgan fingerprint density at radius 1 is 0.531 bits per heavy atom. The standard InChI is InChI=1S/C5H12O3.4C3H6O2S/c1-5(2-6,3-7)4-8;4*4-3(5)1-2-6/h6-8H,2-4H2,1H3;4*6H,1-2H2,(H,4,5). The van der Waals surface area contributed by atoms with Gasteiger partial charge >= 0.3 is 23.9 Å². The fourth-order valence-corrected chi connectivity index (χ4v) is 1.30. The second kappa shape index (κ2) is 32.3. The summed E-state index contributed by atoms with van der Waals surface area (Å²) in [4.78, 5) is 38.2. The number of aliphatic carboxylic acids is 4. The van der Waals surface area contributed by atoms with Gasteiger partial charge in [-0.2, -0.15) is 50.5 Å². The molecule has 0 rings (SSSR count). The first kappa shape index (κ1) is 41.4. The Morgan fingerprint density at radius 2 is 0.688 bits per heavy atom. The van der Waals surface area contributed by atoms with Gasteiger partial charge in [-0.25, -0.2) is 0 Å². The first-order chi connectivity index (χ1) is 14.8. The predicted molar refractivity (Wildman–Crippen MR) is 134 cm³/mol. The summed E-state index contributed by atoms with van der Waals surface area (Å²) in [6.07, 6.45) is 0.623. The van der Waals surface area contributed by atoms with E-state index < -0.39 is 29.3 Å². The van der Waals surface area contributed by atoms with Crippen molar-refractivity contribution in [2.75, 3.05) is 42.8 Å². The van der Waals surface area contributed by atoms with Gasteiger partial charge in [0.25, 0.3) is 0 Å². The monoisotopic (exact) mass is 544 g/mol. The Kier molecular flexibility index (Phi) is 41.9. The number of carbonyl (C=O) groups is 4. The molecule has 0 aromatic rings. The average Bonchev–Trinajstić information content (AvgIpc) is 2.69. The van der Waals surface area contributed by atoms with E-state index in [1.54, 1.807) is 6.92 Å². The van der Waals surface area contributed by atoms with Gasteiger partial charge in [0.1, 0.15) is 0 Å². The van der Waals surface area contributed by atoms with E-state index in [9.17, 15) is 19.2 Å². The zero-order valence-corrected chi connectivity index (χ0v) is 21.4. The lowest BCUT2D eigenvalue weighted by Gasteiger charge is -2.20. The minimum atomic E-state index is -0.787. The summed E-state index contributed by atoms with van der Waals surface area (Å²) in [5.74, 6) is -1.44. The Morgan fingerprint density at radius 3 is 0.688 bits per heavy atom. The fraction of sp³-hybridized carbons (Fsp3) is 0.765. The molecule has 194 valence electrons. The van der Waals surface area contributed by atoms with Crippen molar-refractivity contribution in [2.24, 2.45) is 5.41 Å². The van der Waals surface area contributed by atoms with Gasteiger partial charge in [-0.15, -0.1) is 0 Å². The van der Waals surface area contributed by atoms with Crippen LogP contribution in [0.5, 0.6) is 0 Å². The molecule has 32 heavy (non-hydrogen) atoms. The van der Waals surface area contributed by atoms with Gasteiger partial charge in [0.15, 0.2) is 0 Å². The van der Waals surface area contributed by atoms with Crippen LogP contribution in [-0.4, -0.2) is 102 Å². The van der Waals surface area contributed by atoms with Gasteiger partial charge in [-0.05, 0) is 0 Å². The van der Waals surface area contributed by atoms with Gasteiger partial charge in [0.05, 0.1) is 45.5 Å². The molecule has 0 aromatic heterocycles. The van der Waals surface area contributed by atoms with Gasteiger partial charge < -0.3 is 35.7 Å². The van der Waals surface area contributed by atoms with E-state index in [0.29, 0.717) is 23.0 Å². The molecule has 0 heterocycles. The Balaban J connectivity index is -0.0000000955. The van der Waals surface area contributed by atoms with Crippen LogP contribution in [-0.2, 0) is 19.2 Å². The molecule has 0 fully saturated rings. The topological polar surface area (TPSA) is 210 Å². The summed E-state index contributed by atoms with van der Waals surface area (Å²) >= 11 is 14.7. The zero-order chi connectivity index (χ0) is 26.6. The molecule has 0 spiro atoms. The van der Waals surface area contributed by atoms with Crippen LogP contribution < -0.4 is 0 Å². The molecular weight excluding hydrogens is 508 g/mol. The summed E-state index contributed by atoms with van der Waals surface area (Å²) in [7, 11) is 0. The second-order valence-corrected chi connectivity index (χ2v) is 7.54. The first-order valence-corrected chi connectivity index (χ1v) is 11.4. The lowest BCUT2D eigenvalue weighted by atomic mass is 9.95. The molecule has 0 saturated heterocycles. The molecule has 0 atom stereocenters. The van der Waals surface area contributed by atoms with E-state index >= 15 is 0 Å². The molecule has 0 bridgehead atoms. The van der Waals surface area contributed by atoms with Gasteiger partial charge in [-0.1, -0.05) is 6.92 Å². The van der Waals surface area contributed by atoms with E-state index in [1.807, 2.05) is 0 Å². The van der Waals surface area contributed by atoms with Crippen LogP contribution in [0.1, 0.15) is 32.6 Å². The summed E-state index contributed by atoms with van der Waals surface area (Å²) in [5.41, 5.74) is -0.708. The second-order valence-electron chi connectivity index (χ2n) is 5.75. The van der Waals surface area contributed by atoms with Crippen molar-refractivity contribution in [3.8, 4) is 0 Å². The highest BCUT2D eigenvalue weighted by Crippen LogP contribution is 2.10. The molecule has 0 unspecified atom stereocenters. The molecule has 0 aliphatic carbocycles. The van der Waals surface area contributed by atoms with Gasteiger partial charge in [0, 0.05) is 28.4 Å². The maximum Gasteiger partial charge on any atom is 0.304 e. The van der Waals surface area contributed by atoms with Crippen molar-refractivity contribution >= 4 is 74.4 Å². The smallest absolute Gasteiger partial charge is 0.304 e. The summed E-state index contributed by atoms with van der Waals surface area (Å²) in [6.45, 7) is 1.06. The molecule has 0 amide bonds. The van der Waals surface area contributed by atoms with Crippen molar-refractivity contribution in [1.82, 2.24) is 0 Å². The molecule has 0 aliphatic rings. The SMILES string of the molecule is CC(CO)(CO)CO.O=C(O)CCS.O=C(O)CCS.O=C(O)CCS.O=C(O)CCS. The van der Waals surface area contributed by atoms with Crippen LogP contribution in [0.2, 0.25) is 0 Å². The number of hydrogen-bond donors (Lipinski definition) is 11. The van der Waals surface area contributed by atoms with Crippen LogP contribution in [0.25, 0.3) is 0 Å². The van der Waals surface area contributed by atoms with Crippen molar-refractivity contribution in [3.05, 3.63) is 0 Å². The van der Waals surface area contributed by atoms with Crippen LogP contribution in [0.15, 0.2) is 0 Å². The van der Waals surface area contributed by atoms with E-state index in [4.69, 9.17) is 35.7 Å². The molecule has 15 heteroatoms. The average molecular weight is 545 g/mol.